The van der Waals surface area contributed by atoms with Gasteiger partial charge in [-0.05, 0) is 51.5 Å². The summed E-state index contributed by atoms with van der Waals surface area (Å²) in [6.07, 6.45) is 11.8. The third-order valence-electron chi connectivity index (χ3n) is 5.87. The van der Waals surface area contributed by atoms with E-state index in [1.165, 1.54) is 6.20 Å². The second kappa shape index (κ2) is 8.95. The molecule has 29 heavy (non-hydrogen) atoms. The average molecular weight is 391 g/mol. The van der Waals surface area contributed by atoms with Crippen molar-refractivity contribution in [3.8, 4) is 30.4 Å². The minimum Gasteiger partial charge on any atom is -0.474 e. The maximum absolute atomic E-state index is 12.7. The molecule has 1 aromatic heterocycles. The van der Waals surface area contributed by atoms with Crippen LogP contribution in [0.15, 0.2) is 18.3 Å². The largest absolute Gasteiger partial charge is 0.474 e. The molecular formula is C22H25N5O2. The lowest BCUT2D eigenvalue weighted by Crippen LogP contribution is -2.52. The van der Waals surface area contributed by atoms with E-state index in [0.717, 1.165) is 25.7 Å². The molecule has 7 nitrogen and oxygen atoms in total. The van der Waals surface area contributed by atoms with Crippen LogP contribution in [0.3, 0.4) is 0 Å². The molecule has 2 atom stereocenters. The second-order valence-corrected chi connectivity index (χ2v) is 7.93. The van der Waals surface area contributed by atoms with Gasteiger partial charge < -0.3 is 15.0 Å². The fourth-order valence-corrected chi connectivity index (χ4v) is 4.04. The smallest absolute Gasteiger partial charge is 0.238 e. The Morgan fingerprint density at radius 3 is 2.62 bits per heavy atom. The number of aromatic nitrogens is 1. The van der Waals surface area contributed by atoms with E-state index in [1.54, 1.807) is 17.0 Å². The Labute approximate surface area is 171 Å². The van der Waals surface area contributed by atoms with Gasteiger partial charge >= 0.3 is 0 Å². The van der Waals surface area contributed by atoms with Gasteiger partial charge in [0.15, 0.2) is 0 Å². The number of carbonyl (C=O) groups is 1. The van der Waals surface area contributed by atoms with Crippen LogP contribution in [0.4, 0.5) is 0 Å². The first-order chi connectivity index (χ1) is 14.0. The summed E-state index contributed by atoms with van der Waals surface area (Å²) in [4.78, 5) is 18.4. The fourth-order valence-electron chi connectivity index (χ4n) is 4.04. The summed E-state index contributed by atoms with van der Waals surface area (Å²) in [7, 11) is 0. The Bertz CT molecular complexity index is 831. The van der Waals surface area contributed by atoms with Crippen LogP contribution in [0.25, 0.3) is 0 Å². The van der Waals surface area contributed by atoms with Crippen molar-refractivity contribution in [1.82, 2.24) is 15.2 Å². The summed E-state index contributed by atoms with van der Waals surface area (Å²) in [6, 6.07) is 6.92. The lowest BCUT2D eigenvalue weighted by molar-refractivity contribution is -0.131. The number of nitrogens with one attached hydrogen (secondary N) is 1. The standard InChI is InChI=1S/C22H25N5O2/c1-3-17-5-6-18(13-24)27(17)21(28)15-26-22(2)10-8-19(9-11-22)29-20-7-4-16(12-23)14-25-20/h1,4,7,14,17-19,26H,5-6,8-11,15H2,2H3/t17-,18+,19?,22?/m1/s1. The molecule has 2 heterocycles. The molecule has 2 fully saturated rings. The Kier molecular flexibility index (Phi) is 6.37. The van der Waals surface area contributed by atoms with Crippen molar-refractivity contribution in [1.29, 1.82) is 10.5 Å². The number of carbonyl (C=O) groups excluding carboxylic acids is 1. The van der Waals surface area contributed by atoms with Crippen LogP contribution in [0.1, 0.15) is 51.0 Å². The van der Waals surface area contributed by atoms with Crippen LogP contribution in [0.2, 0.25) is 0 Å². The van der Waals surface area contributed by atoms with E-state index in [4.69, 9.17) is 16.4 Å². The van der Waals surface area contributed by atoms with Gasteiger partial charge in [0.25, 0.3) is 0 Å². The summed E-state index contributed by atoms with van der Waals surface area (Å²) in [5.74, 6) is 3.04. The second-order valence-electron chi connectivity index (χ2n) is 7.93. The number of hydrogen-bond acceptors (Lipinski definition) is 6. The van der Waals surface area contributed by atoms with Gasteiger partial charge in [-0.2, -0.15) is 10.5 Å². The molecule has 1 N–H and O–H groups in total. The number of pyridine rings is 1. The van der Waals surface area contributed by atoms with E-state index in [2.05, 4.69) is 29.2 Å². The highest BCUT2D eigenvalue weighted by Crippen LogP contribution is 2.30. The highest BCUT2D eigenvalue weighted by atomic mass is 16.5. The minimum absolute atomic E-state index is 0.0633. The molecule has 0 aromatic carbocycles. The molecule has 150 valence electrons. The van der Waals surface area contributed by atoms with Crippen molar-refractivity contribution in [2.24, 2.45) is 0 Å². The normalized spacial score (nSPS) is 28.8. The van der Waals surface area contributed by atoms with Gasteiger partial charge in [-0.1, -0.05) is 5.92 Å². The molecule has 0 radical (unpaired) electrons. The molecular weight excluding hydrogens is 366 g/mol. The molecule has 1 saturated heterocycles. The molecule has 3 rings (SSSR count). The number of terminal acetylenes is 1. The lowest BCUT2D eigenvalue weighted by Gasteiger charge is -2.38. The van der Waals surface area contributed by atoms with Crippen LogP contribution in [-0.2, 0) is 4.79 Å². The van der Waals surface area contributed by atoms with Gasteiger partial charge in [0.2, 0.25) is 11.8 Å². The van der Waals surface area contributed by atoms with E-state index in [0.29, 0.717) is 24.3 Å². The molecule has 1 aliphatic heterocycles. The monoisotopic (exact) mass is 391 g/mol. The molecule has 1 aromatic rings. The summed E-state index contributed by atoms with van der Waals surface area (Å²) in [5.41, 5.74) is 0.340. The molecule has 1 aliphatic carbocycles. The van der Waals surface area contributed by atoms with Gasteiger partial charge in [0, 0.05) is 17.8 Å². The minimum atomic E-state index is -0.429. The number of ether oxygens (including phenoxy) is 1. The molecule has 0 unspecified atom stereocenters. The Morgan fingerprint density at radius 2 is 2.03 bits per heavy atom. The quantitative estimate of drug-likeness (QED) is 0.772. The first-order valence-corrected chi connectivity index (χ1v) is 9.93. The zero-order valence-electron chi connectivity index (χ0n) is 16.6. The Morgan fingerprint density at radius 1 is 1.31 bits per heavy atom. The first kappa shape index (κ1) is 20.6. The number of nitrogens with zero attached hydrogens (tertiary/aromatic N) is 4. The molecule has 0 bridgehead atoms. The topological polar surface area (TPSA) is 102 Å². The third kappa shape index (κ3) is 4.86. The Hall–Kier alpha value is -3.08. The van der Waals surface area contributed by atoms with E-state index in [1.807, 2.05) is 6.07 Å². The van der Waals surface area contributed by atoms with Crippen molar-refractivity contribution < 1.29 is 9.53 Å². The van der Waals surface area contributed by atoms with Gasteiger partial charge in [-0.3, -0.25) is 4.79 Å². The summed E-state index contributed by atoms with van der Waals surface area (Å²) < 4.78 is 5.93. The molecule has 2 aliphatic rings. The number of nitriles is 2. The highest BCUT2D eigenvalue weighted by molar-refractivity contribution is 5.80. The van der Waals surface area contributed by atoms with Crippen LogP contribution >= 0.6 is 0 Å². The Balaban J connectivity index is 1.49. The van der Waals surface area contributed by atoms with Gasteiger partial charge in [0.05, 0.1) is 24.2 Å². The third-order valence-corrected chi connectivity index (χ3v) is 5.87. The number of hydrogen-bond donors (Lipinski definition) is 1. The number of amides is 1. The van der Waals surface area contributed by atoms with Gasteiger partial charge in [0.1, 0.15) is 18.2 Å². The van der Waals surface area contributed by atoms with E-state index in [-0.39, 0.29) is 30.1 Å². The zero-order chi connectivity index (χ0) is 20.9. The van der Waals surface area contributed by atoms with Gasteiger partial charge in [-0.15, -0.1) is 6.42 Å². The maximum Gasteiger partial charge on any atom is 0.238 e. The molecule has 1 saturated carbocycles. The molecule has 0 spiro atoms. The maximum atomic E-state index is 12.7. The molecule has 1 amide bonds. The van der Waals surface area contributed by atoms with Crippen LogP contribution in [-0.4, -0.2) is 46.1 Å². The van der Waals surface area contributed by atoms with E-state index in [9.17, 15) is 10.1 Å². The SMILES string of the molecule is C#C[C@@H]1CC[C@@H](C#N)N1C(=O)CNC1(C)CCC(Oc2ccc(C#N)cn2)CC1. The number of likely N-dealkylation sites (tertiary alicyclic amines) is 1. The van der Waals surface area contributed by atoms with Crippen molar-refractivity contribution >= 4 is 5.91 Å². The van der Waals surface area contributed by atoms with E-state index < -0.39 is 6.04 Å². The van der Waals surface area contributed by atoms with Crippen LogP contribution in [0.5, 0.6) is 5.88 Å². The highest BCUT2D eigenvalue weighted by Gasteiger charge is 2.37. The summed E-state index contributed by atoms with van der Waals surface area (Å²) >= 11 is 0. The lowest BCUT2D eigenvalue weighted by atomic mass is 9.82. The summed E-state index contributed by atoms with van der Waals surface area (Å²) in [6.45, 7) is 2.29. The predicted octanol–water partition coefficient (Wildman–Crippen LogP) is 2.14. The van der Waals surface area contributed by atoms with Crippen molar-refractivity contribution in [2.75, 3.05) is 6.54 Å². The average Bonchev–Trinajstić information content (AvgIpc) is 3.18. The fraction of sp³-hybridized carbons (Fsp3) is 0.545. The summed E-state index contributed by atoms with van der Waals surface area (Å²) in [5, 5.41) is 21.5. The molecule has 7 heteroatoms. The predicted molar refractivity (Wildman–Crippen MR) is 106 cm³/mol. The zero-order valence-corrected chi connectivity index (χ0v) is 16.6. The van der Waals surface area contributed by atoms with Crippen LogP contribution < -0.4 is 10.1 Å². The number of rotatable bonds is 5. The van der Waals surface area contributed by atoms with Gasteiger partial charge in [-0.25, -0.2) is 4.98 Å². The van der Waals surface area contributed by atoms with Crippen molar-refractivity contribution in [2.45, 2.75) is 69.2 Å². The first-order valence-electron chi connectivity index (χ1n) is 9.93. The van der Waals surface area contributed by atoms with Crippen LogP contribution in [0, 0.1) is 35.0 Å². The van der Waals surface area contributed by atoms with Crippen molar-refractivity contribution in [3.05, 3.63) is 23.9 Å². The van der Waals surface area contributed by atoms with E-state index >= 15 is 0 Å². The van der Waals surface area contributed by atoms with Crippen molar-refractivity contribution in [3.63, 3.8) is 0 Å².